The molecule has 4 heteroatoms. The summed E-state index contributed by atoms with van der Waals surface area (Å²) in [5.41, 5.74) is 1.58. The van der Waals surface area contributed by atoms with Gasteiger partial charge in [0.1, 0.15) is 11.5 Å². The number of hydrogen-bond donors (Lipinski definition) is 1. The Bertz CT molecular complexity index is 662. The lowest BCUT2D eigenvalue weighted by Gasteiger charge is -2.40. The van der Waals surface area contributed by atoms with Crippen molar-refractivity contribution in [2.24, 2.45) is 0 Å². The molecular formula is C17H20N2O2. The van der Waals surface area contributed by atoms with Crippen LogP contribution in [0.15, 0.2) is 40.8 Å². The van der Waals surface area contributed by atoms with Crippen LogP contribution >= 0.6 is 0 Å². The van der Waals surface area contributed by atoms with Crippen molar-refractivity contribution in [3.05, 3.63) is 53.5 Å². The Labute approximate surface area is 124 Å². The van der Waals surface area contributed by atoms with Gasteiger partial charge in [-0.1, -0.05) is 19.1 Å². The number of aryl methyl sites for hydroxylation is 1. The fourth-order valence-electron chi connectivity index (χ4n) is 2.73. The first kappa shape index (κ1) is 13.7. The van der Waals surface area contributed by atoms with Crippen LogP contribution in [0.3, 0.4) is 0 Å². The normalized spacial score (nSPS) is 19.1. The number of fused-ring (bicyclic) bond motifs is 1. The molecule has 110 valence electrons. The highest BCUT2D eigenvalue weighted by Crippen LogP contribution is 2.35. The van der Waals surface area contributed by atoms with Crippen molar-refractivity contribution in [1.82, 2.24) is 4.90 Å². The third-order valence-corrected chi connectivity index (χ3v) is 4.06. The lowest BCUT2D eigenvalue weighted by molar-refractivity contribution is 0.0566. The number of rotatable bonds is 3. The fourth-order valence-corrected chi connectivity index (χ4v) is 2.73. The molecule has 4 nitrogen and oxygen atoms in total. The molecule has 1 N–H and O–H groups in total. The third kappa shape index (κ3) is 2.31. The van der Waals surface area contributed by atoms with Gasteiger partial charge < -0.3 is 14.6 Å². The summed E-state index contributed by atoms with van der Waals surface area (Å²) in [5, 5.41) is 3.43. The minimum Gasteiger partial charge on any atom is -0.462 e. The summed E-state index contributed by atoms with van der Waals surface area (Å²) in [4.78, 5) is 14.7. The van der Waals surface area contributed by atoms with Gasteiger partial charge in [0.15, 0.2) is 6.17 Å². The summed E-state index contributed by atoms with van der Waals surface area (Å²) in [5.74, 6) is 1.68. The molecule has 1 amide bonds. The second kappa shape index (κ2) is 5.28. The number of benzene rings is 1. The third-order valence-electron chi connectivity index (χ3n) is 4.06. The van der Waals surface area contributed by atoms with Crippen molar-refractivity contribution in [2.75, 3.05) is 5.32 Å². The number of nitrogens with one attached hydrogen (secondary N) is 1. The fraction of sp³-hybridized carbons (Fsp3) is 0.353. The maximum absolute atomic E-state index is 12.9. The molecule has 21 heavy (non-hydrogen) atoms. The van der Waals surface area contributed by atoms with Gasteiger partial charge in [0.2, 0.25) is 0 Å². The lowest BCUT2D eigenvalue weighted by Crippen LogP contribution is -2.47. The van der Waals surface area contributed by atoms with E-state index < -0.39 is 0 Å². The number of para-hydroxylation sites is 1. The molecule has 2 atom stereocenters. The van der Waals surface area contributed by atoms with Gasteiger partial charge in [0.25, 0.3) is 5.91 Å². The SMILES string of the molecule is CC[C@H](C)N1C(=O)c2ccccc2N[C@@H]1c1ccc(C)o1. The van der Waals surface area contributed by atoms with Gasteiger partial charge in [0, 0.05) is 11.7 Å². The van der Waals surface area contributed by atoms with E-state index >= 15 is 0 Å². The monoisotopic (exact) mass is 284 g/mol. The van der Waals surface area contributed by atoms with Gasteiger partial charge >= 0.3 is 0 Å². The first-order chi connectivity index (χ1) is 10.1. The van der Waals surface area contributed by atoms with Crippen molar-refractivity contribution < 1.29 is 9.21 Å². The maximum Gasteiger partial charge on any atom is 0.258 e. The minimum atomic E-state index is -0.254. The summed E-state index contributed by atoms with van der Waals surface area (Å²) in [6.45, 7) is 6.06. The molecular weight excluding hydrogens is 264 g/mol. The van der Waals surface area contributed by atoms with E-state index in [1.165, 1.54) is 0 Å². The standard InChI is InChI=1S/C17H20N2O2/c1-4-11(2)19-16(15-10-9-12(3)21-15)18-14-8-6-5-7-13(14)17(19)20/h5-11,16,18H,4H2,1-3H3/t11-,16-/m0/s1. The second-order valence-electron chi connectivity index (χ2n) is 5.51. The zero-order valence-corrected chi connectivity index (χ0v) is 12.6. The number of anilines is 1. The van der Waals surface area contributed by atoms with Crippen molar-refractivity contribution in [1.29, 1.82) is 0 Å². The van der Waals surface area contributed by atoms with E-state index in [0.29, 0.717) is 0 Å². The van der Waals surface area contributed by atoms with Crippen LogP contribution in [0.5, 0.6) is 0 Å². The van der Waals surface area contributed by atoms with E-state index in [1.54, 1.807) is 0 Å². The summed E-state index contributed by atoms with van der Waals surface area (Å²) in [6, 6.07) is 11.6. The van der Waals surface area contributed by atoms with Crippen LogP contribution < -0.4 is 5.32 Å². The van der Waals surface area contributed by atoms with E-state index in [2.05, 4.69) is 19.2 Å². The van der Waals surface area contributed by atoms with Crippen molar-refractivity contribution in [3.8, 4) is 0 Å². The Kier molecular flexibility index (Phi) is 3.45. The van der Waals surface area contributed by atoms with E-state index in [1.807, 2.05) is 48.2 Å². The molecule has 1 aliphatic rings. The number of amides is 1. The highest BCUT2D eigenvalue weighted by Gasteiger charge is 2.36. The second-order valence-corrected chi connectivity index (χ2v) is 5.51. The molecule has 1 aromatic carbocycles. The van der Waals surface area contributed by atoms with Crippen LogP contribution in [-0.2, 0) is 0 Å². The number of carbonyl (C=O) groups is 1. The predicted molar refractivity (Wildman–Crippen MR) is 82.2 cm³/mol. The summed E-state index contributed by atoms with van der Waals surface area (Å²) in [6.07, 6.45) is 0.641. The largest absolute Gasteiger partial charge is 0.462 e. The average molecular weight is 284 g/mol. The van der Waals surface area contributed by atoms with Crippen LogP contribution in [0, 0.1) is 6.92 Å². The number of furan rings is 1. The van der Waals surface area contributed by atoms with Crippen LogP contribution in [0.2, 0.25) is 0 Å². The Hall–Kier alpha value is -2.23. The topological polar surface area (TPSA) is 45.5 Å². The summed E-state index contributed by atoms with van der Waals surface area (Å²) in [7, 11) is 0. The van der Waals surface area contributed by atoms with Gasteiger partial charge in [-0.15, -0.1) is 0 Å². The van der Waals surface area contributed by atoms with E-state index in [-0.39, 0.29) is 18.1 Å². The zero-order chi connectivity index (χ0) is 15.0. The number of carbonyl (C=O) groups excluding carboxylic acids is 1. The quantitative estimate of drug-likeness (QED) is 0.928. The zero-order valence-electron chi connectivity index (χ0n) is 12.6. The first-order valence-corrected chi connectivity index (χ1v) is 7.36. The van der Waals surface area contributed by atoms with Crippen molar-refractivity contribution >= 4 is 11.6 Å². The van der Waals surface area contributed by atoms with Gasteiger partial charge in [-0.05, 0) is 44.5 Å². The lowest BCUT2D eigenvalue weighted by atomic mass is 10.0. The average Bonchev–Trinajstić information content (AvgIpc) is 2.93. The minimum absolute atomic E-state index is 0.0535. The van der Waals surface area contributed by atoms with Crippen molar-refractivity contribution in [3.63, 3.8) is 0 Å². The summed E-state index contributed by atoms with van der Waals surface area (Å²) >= 11 is 0. The molecule has 0 saturated heterocycles. The summed E-state index contributed by atoms with van der Waals surface area (Å²) < 4.78 is 5.75. The van der Waals surface area contributed by atoms with E-state index in [0.717, 1.165) is 29.2 Å². The smallest absolute Gasteiger partial charge is 0.258 e. The van der Waals surface area contributed by atoms with E-state index in [4.69, 9.17) is 4.42 Å². The van der Waals surface area contributed by atoms with Crippen molar-refractivity contribution in [2.45, 2.75) is 39.4 Å². The number of hydrogen-bond acceptors (Lipinski definition) is 3. The molecule has 0 radical (unpaired) electrons. The van der Waals surface area contributed by atoms with Gasteiger partial charge in [-0.2, -0.15) is 0 Å². The molecule has 2 aromatic rings. The highest BCUT2D eigenvalue weighted by atomic mass is 16.3. The predicted octanol–water partition coefficient (Wildman–Crippen LogP) is 3.95. The Balaban J connectivity index is 2.07. The molecule has 3 rings (SSSR count). The molecule has 1 aliphatic heterocycles. The molecule has 0 saturated carbocycles. The molecule has 0 bridgehead atoms. The van der Waals surface area contributed by atoms with E-state index in [9.17, 15) is 4.79 Å². The number of nitrogens with zero attached hydrogens (tertiary/aromatic N) is 1. The molecule has 0 fully saturated rings. The van der Waals surface area contributed by atoms with Crippen LogP contribution in [-0.4, -0.2) is 16.8 Å². The Morgan fingerprint density at radius 2 is 2.05 bits per heavy atom. The van der Waals surface area contributed by atoms with Gasteiger partial charge in [-0.25, -0.2) is 0 Å². The Morgan fingerprint density at radius 1 is 1.29 bits per heavy atom. The van der Waals surface area contributed by atoms with Gasteiger partial charge in [0.05, 0.1) is 5.56 Å². The Morgan fingerprint density at radius 3 is 2.71 bits per heavy atom. The van der Waals surface area contributed by atoms with Gasteiger partial charge in [-0.3, -0.25) is 4.79 Å². The molecule has 2 heterocycles. The first-order valence-electron chi connectivity index (χ1n) is 7.36. The highest BCUT2D eigenvalue weighted by molar-refractivity contribution is 6.01. The van der Waals surface area contributed by atoms with Crippen LogP contribution in [0.1, 0.15) is 48.3 Å². The van der Waals surface area contributed by atoms with Crippen LogP contribution in [0.25, 0.3) is 0 Å². The molecule has 1 aromatic heterocycles. The van der Waals surface area contributed by atoms with Crippen LogP contribution in [0.4, 0.5) is 5.69 Å². The molecule has 0 aliphatic carbocycles. The molecule has 0 unspecified atom stereocenters. The maximum atomic E-state index is 12.9. The molecule has 0 spiro atoms.